The van der Waals surface area contributed by atoms with Crippen LogP contribution in [-0.4, -0.2) is 36.5 Å². The third kappa shape index (κ3) is 2.66. The Bertz CT molecular complexity index is 1450. The molecule has 0 aliphatic heterocycles. The van der Waals surface area contributed by atoms with Gasteiger partial charge in [-0.15, -0.1) is 5.10 Å². The minimum Gasteiger partial charge on any atom is -0.480 e. The molecule has 0 saturated carbocycles. The Morgan fingerprint density at radius 1 is 1.21 bits per heavy atom. The molecule has 0 atom stereocenters. The molecule has 0 N–H and O–H groups in total. The van der Waals surface area contributed by atoms with E-state index in [1.54, 1.807) is 30.6 Å². The fraction of sp³-hybridized carbons (Fsp3) is 0.105. The van der Waals surface area contributed by atoms with Crippen molar-refractivity contribution in [2.75, 3.05) is 7.11 Å². The number of aryl methyl sites for hydroxylation is 1. The Hall–Kier alpha value is -3.72. The Morgan fingerprint density at radius 3 is 2.86 bits per heavy atom. The van der Waals surface area contributed by atoms with Crippen molar-refractivity contribution in [3.8, 4) is 23.3 Å². The topological polar surface area (TPSA) is 100 Å². The molecule has 144 valence electrons. The first-order valence-corrected chi connectivity index (χ1v) is 8.98. The molecular formula is C19H13ClN6O3. The highest BCUT2D eigenvalue weighted by Gasteiger charge is 2.21. The van der Waals surface area contributed by atoms with Gasteiger partial charge in [0, 0.05) is 12.3 Å². The fourth-order valence-electron chi connectivity index (χ4n) is 3.19. The molecule has 0 saturated heterocycles. The van der Waals surface area contributed by atoms with Crippen molar-refractivity contribution in [2.45, 2.75) is 6.92 Å². The van der Waals surface area contributed by atoms with E-state index >= 15 is 0 Å². The first kappa shape index (κ1) is 17.4. The number of pyridine rings is 2. The molecule has 5 aromatic heterocycles. The van der Waals surface area contributed by atoms with E-state index in [1.807, 2.05) is 19.1 Å². The number of rotatable bonds is 3. The summed E-state index contributed by atoms with van der Waals surface area (Å²) in [5.41, 5.74) is 2.15. The van der Waals surface area contributed by atoms with E-state index in [1.165, 1.54) is 16.3 Å². The van der Waals surface area contributed by atoms with Gasteiger partial charge in [0.2, 0.25) is 11.8 Å². The Kier molecular flexibility index (Phi) is 3.85. The van der Waals surface area contributed by atoms with E-state index in [-0.39, 0.29) is 11.4 Å². The quantitative estimate of drug-likeness (QED) is 0.452. The smallest absolute Gasteiger partial charge is 0.366 e. The lowest BCUT2D eigenvalue weighted by Gasteiger charge is -2.08. The molecular weight excluding hydrogens is 396 g/mol. The lowest BCUT2D eigenvalue weighted by atomic mass is 10.2. The average Bonchev–Trinajstić information content (AvgIpc) is 3.35. The number of hydrogen-bond donors (Lipinski definition) is 0. The van der Waals surface area contributed by atoms with Crippen molar-refractivity contribution >= 4 is 28.2 Å². The Balaban J connectivity index is 1.82. The molecule has 0 aromatic carbocycles. The van der Waals surface area contributed by atoms with Gasteiger partial charge in [-0.1, -0.05) is 11.6 Å². The number of nitrogens with zero attached hydrogens (tertiary/aromatic N) is 6. The van der Waals surface area contributed by atoms with Gasteiger partial charge in [-0.25, -0.2) is 24.0 Å². The summed E-state index contributed by atoms with van der Waals surface area (Å²) >= 11 is 6.29. The predicted molar refractivity (Wildman–Crippen MR) is 106 cm³/mol. The van der Waals surface area contributed by atoms with Gasteiger partial charge in [-0.2, -0.15) is 5.10 Å². The second-order valence-corrected chi connectivity index (χ2v) is 6.70. The molecule has 0 radical (unpaired) electrons. The van der Waals surface area contributed by atoms with E-state index in [0.717, 1.165) is 11.1 Å². The summed E-state index contributed by atoms with van der Waals surface area (Å²) in [6.45, 7) is 1.87. The van der Waals surface area contributed by atoms with E-state index in [2.05, 4.69) is 20.2 Å². The number of methoxy groups -OCH3 is 1. The highest BCUT2D eigenvalue weighted by atomic mass is 35.5. The molecule has 0 fully saturated rings. The highest BCUT2D eigenvalue weighted by molar-refractivity contribution is 6.32. The van der Waals surface area contributed by atoms with Crippen LogP contribution in [0.1, 0.15) is 5.56 Å². The highest BCUT2D eigenvalue weighted by Crippen LogP contribution is 2.29. The standard InChI is InChI=1S/C19H13ClN6O3/c1-10-8-11-5-7-22-25(11)16-15(10)23-18(29-19(16)27)13-9-14(28-2)24-26(13)17-12(20)4-3-6-21-17/h3-9H,1-2H3. The normalized spacial score (nSPS) is 11.4. The van der Waals surface area contributed by atoms with Gasteiger partial charge in [0.25, 0.3) is 0 Å². The SMILES string of the molecule is COc1cc(-c2nc3c(C)cc4ccnn4c3c(=O)o2)n(-c2ncccc2Cl)n1. The van der Waals surface area contributed by atoms with Crippen LogP contribution in [0.2, 0.25) is 5.02 Å². The summed E-state index contributed by atoms with van der Waals surface area (Å²) in [6.07, 6.45) is 3.20. The van der Waals surface area contributed by atoms with Crippen LogP contribution in [0.4, 0.5) is 0 Å². The van der Waals surface area contributed by atoms with Crippen LogP contribution in [0.25, 0.3) is 34.0 Å². The van der Waals surface area contributed by atoms with Gasteiger partial charge in [0.15, 0.2) is 11.3 Å². The number of halogens is 1. The third-order valence-corrected chi connectivity index (χ3v) is 4.79. The van der Waals surface area contributed by atoms with Crippen LogP contribution in [0, 0.1) is 6.92 Å². The molecule has 29 heavy (non-hydrogen) atoms. The second kappa shape index (κ2) is 6.42. The van der Waals surface area contributed by atoms with E-state index in [4.69, 9.17) is 20.8 Å². The lowest BCUT2D eigenvalue weighted by molar-refractivity contribution is 0.394. The van der Waals surface area contributed by atoms with Crippen LogP contribution >= 0.6 is 11.6 Å². The van der Waals surface area contributed by atoms with Crippen LogP contribution in [0.3, 0.4) is 0 Å². The van der Waals surface area contributed by atoms with Gasteiger partial charge in [-0.05, 0) is 36.8 Å². The van der Waals surface area contributed by atoms with E-state index in [9.17, 15) is 4.79 Å². The lowest BCUT2D eigenvalue weighted by Crippen LogP contribution is -2.11. The zero-order valence-electron chi connectivity index (χ0n) is 15.3. The minimum absolute atomic E-state index is 0.0645. The Morgan fingerprint density at radius 2 is 2.07 bits per heavy atom. The van der Waals surface area contributed by atoms with Crippen LogP contribution in [0.5, 0.6) is 5.88 Å². The zero-order chi connectivity index (χ0) is 20.1. The van der Waals surface area contributed by atoms with Crippen LogP contribution < -0.4 is 10.4 Å². The molecule has 0 spiro atoms. The maximum absolute atomic E-state index is 12.9. The largest absolute Gasteiger partial charge is 0.480 e. The van der Waals surface area contributed by atoms with Gasteiger partial charge < -0.3 is 9.15 Å². The van der Waals surface area contributed by atoms with Gasteiger partial charge in [-0.3, -0.25) is 0 Å². The van der Waals surface area contributed by atoms with Gasteiger partial charge in [0.1, 0.15) is 11.2 Å². The number of aromatic nitrogens is 6. The summed E-state index contributed by atoms with van der Waals surface area (Å²) in [7, 11) is 1.49. The fourth-order valence-corrected chi connectivity index (χ4v) is 3.39. The van der Waals surface area contributed by atoms with Crippen molar-refractivity contribution in [1.29, 1.82) is 0 Å². The maximum Gasteiger partial charge on any atom is 0.366 e. The van der Waals surface area contributed by atoms with Crippen LogP contribution in [-0.2, 0) is 0 Å². The maximum atomic E-state index is 12.9. The van der Waals surface area contributed by atoms with Crippen molar-refractivity contribution in [2.24, 2.45) is 0 Å². The predicted octanol–water partition coefficient (Wildman–Crippen LogP) is 3.05. The zero-order valence-corrected chi connectivity index (χ0v) is 16.1. The van der Waals surface area contributed by atoms with E-state index in [0.29, 0.717) is 27.9 Å². The second-order valence-electron chi connectivity index (χ2n) is 6.29. The molecule has 5 aromatic rings. The number of hydrogen-bond acceptors (Lipinski definition) is 7. The third-order valence-electron chi connectivity index (χ3n) is 4.50. The number of fused-ring (bicyclic) bond motifs is 3. The van der Waals surface area contributed by atoms with Crippen LogP contribution in [0.15, 0.2) is 51.9 Å². The molecule has 5 rings (SSSR count). The summed E-state index contributed by atoms with van der Waals surface area (Å²) in [5.74, 6) is 0.719. The molecule has 0 aliphatic carbocycles. The summed E-state index contributed by atoms with van der Waals surface area (Å²) in [6, 6.07) is 8.70. The van der Waals surface area contributed by atoms with Crippen molar-refractivity contribution in [1.82, 2.24) is 29.4 Å². The molecule has 5 heterocycles. The summed E-state index contributed by atoms with van der Waals surface area (Å²) in [4.78, 5) is 21.7. The van der Waals surface area contributed by atoms with Gasteiger partial charge >= 0.3 is 5.63 Å². The van der Waals surface area contributed by atoms with E-state index < -0.39 is 5.63 Å². The average molecular weight is 409 g/mol. The summed E-state index contributed by atoms with van der Waals surface area (Å²) in [5, 5.41) is 8.91. The van der Waals surface area contributed by atoms with Crippen molar-refractivity contribution in [3.63, 3.8) is 0 Å². The van der Waals surface area contributed by atoms with Crippen molar-refractivity contribution in [3.05, 3.63) is 63.7 Å². The first-order chi connectivity index (χ1) is 14.1. The monoisotopic (exact) mass is 408 g/mol. The molecule has 0 aliphatic rings. The first-order valence-electron chi connectivity index (χ1n) is 8.60. The molecule has 10 heteroatoms. The molecule has 0 amide bonds. The molecule has 0 bridgehead atoms. The molecule has 0 unspecified atom stereocenters. The van der Waals surface area contributed by atoms with Gasteiger partial charge in [0.05, 0.1) is 23.8 Å². The summed E-state index contributed by atoms with van der Waals surface area (Å²) < 4.78 is 13.7. The number of ether oxygens (including phenoxy) is 1. The minimum atomic E-state index is -0.568. The molecule has 9 nitrogen and oxygen atoms in total. The Labute approximate surface area is 168 Å². The van der Waals surface area contributed by atoms with Crippen molar-refractivity contribution < 1.29 is 9.15 Å².